The first-order chi connectivity index (χ1) is 13.6. The van der Waals surface area contributed by atoms with Gasteiger partial charge < -0.3 is 14.5 Å². The number of hydrogen-bond donors (Lipinski definition) is 1. The molecule has 0 saturated carbocycles. The van der Waals surface area contributed by atoms with Gasteiger partial charge >= 0.3 is 0 Å². The Morgan fingerprint density at radius 1 is 1.21 bits per heavy atom. The molecule has 0 atom stereocenters. The highest BCUT2D eigenvalue weighted by molar-refractivity contribution is 6.36. The molecule has 0 spiro atoms. The molecule has 2 aromatic carbocycles. The molecule has 28 heavy (non-hydrogen) atoms. The molecule has 146 valence electrons. The van der Waals surface area contributed by atoms with Crippen LogP contribution in [0.1, 0.15) is 24.8 Å². The molecule has 1 heterocycles. The molecule has 0 aliphatic heterocycles. The van der Waals surface area contributed by atoms with E-state index < -0.39 is 0 Å². The molecular formula is C21H20Cl2N2O3. The molecule has 1 N–H and O–H groups in total. The zero-order valence-electron chi connectivity index (χ0n) is 15.4. The fourth-order valence-corrected chi connectivity index (χ4v) is 3.19. The van der Waals surface area contributed by atoms with Gasteiger partial charge in [0.05, 0.1) is 17.8 Å². The highest BCUT2D eigenvalue weighted by atomic mass is 35.5. The van der Waals surface area contributed by atoms with Crippen LogP contribution in [0.4, 0.5) is 0 Å². The molecule has 0 saturated heterocycles. The lowest BCUT2D eigenvalue weighted by Gasteiger charge is -2.10. The molecule has 0 aliphatic carbocycles. The number of nitrogens with zero attached hydrogens (tertiary/aromatic N) is 1. The van der Waals surface area contributed by atoms with Gasteiger partial charge in [0, 0.05) is 35.5 Å². The quantitative estimate of drug-likeness (QED) is 0.539. The Bertz CT molecular complexity index is 956. The number of ether oxygens (including phenoxy) is 1. The number of oxazole rings is 1. The van der Waals surface area contributed by atoms with Crippen molar-refractivity contribution in [2.75, 3.05) is 6.61 Å². The van der Waals surface area contributed by atoms with E-state index >= 15 is 0 Å². The van der Waals surface area contributed by atoms with Crippen LogP contribution in [-0.2, 0) is 17.8 Å². The average molecular weight is 419 g/mol. The minimum absolute atomic E-state index is 0.0874. The largest absolute Gasteiger partial charge is 0.494 e. The highest BCUT2D eigenvalue weighted by Crippen LogP contribution is 2.30. The van der Waals surface area contributed by atoms with Crippen LogP contribution in [0.2, 0.25) is 10.0 Å². The lowest BCUT2D eigenvalue weighted by atomic mass is 10.2. The van der Waals surface area contributed by atoms with Crippen LogP contribution >= 0.6 is 23.2 Å². The second-order valence-electron chi connectivity index (χ2n) is 6.06. The summed E-state index contributed by atoms with van der Waals surface area (Å²) in [7, 11) is 0. The zero-order valence-corrected chi connectivity index (χ0v) is 16.9. The fraction of sp³-hybridized carbons (Fsp3) is 0.238. The first kappa shape index (κ1) is 20.2. The van der Waals surface area contributed by atoms with Gasteiger partial charge in [0.25, 0.3) is 0 Å². The lowest BCUT2D eigenvalue weighted by molar-refractivity contribution is -0.121. The summed E-state index contributed by atoms with van der Waals surface area (Å²) in [6.45, 7) is 2.92. The predicted octanol–water partition coefficient (Wildman–Crippen LogP) is 5.30. The summed E-state index contributed by atoms with van der Waals surface area (Å²) in [6.07, 6.45) is 2.26. The summed E-state index contributed by atoms with van der Waals surface area (Å²) >= 11 is 12.1. The van der Waals surface area contributed by atoms with Gasteiger partial charge in [-0.1, -0.05) is 41.4 Å². The maximum absolute atomic E-state index is 12.2. The minimum atomic E-state index is -0.0874. The Morgan fingerprint density at radius 2 is 2.04 bits per heavy atom. The Hall–Kier alpha value is -2.50. The van der Waals surface area contributed by atoms with Crippen molar-refractivity contribution < 1.29 is 13.9 Å². The maximum Gasteiger partial charge on any atom is 0.220 e. The van der Waals surface area contributed by atoms with Crippen molar-refractivity contribution in [1.82, 2.24) is 10.3 Å². The van der Waals surface area contributed by atoms with E-state index in [1.807, 2.05) is 31.2 Å². The normalized spacial score (nSPS) is 10.7. The van der Waals surface area contributed by atoms with Gasteiger partial charge in [-0.15, -0.1) is 0 Å². The third-order valence-electron chi connectivity index (χ3n) is 4.06. The number of amides is 1. The topological polar surface area (TPSA) is 64.4 Å². The van der Waals surface area contributed by atoms with Crippen LogP contribution in [-0.4, -0.2) is 17.5 Å². The van der Waals surface area contributed by atoms with E-state index in [9.17, 15) is 4.79 Å². The summed E-state index contributed by atoms with van der Waals surface area (Å²) < 4.78 is 11.3. The first-order valence-corrected chi connectivity index (χ1v) is 9.70. The second-order valence-corrected chi connectivity index (χ2v) is 6.90. The van der Waals surface area contributed by atoms with Crippen LogP contribution < -0.4 is 10.1 Å². The van der Waals surface area contributed by atoms with Gasteiger partial charge in [-0.05, 0) is 31.2 Å². The SMILES string of the molecule is CCOc1ccccc1CNC(=O)CCc1ncc(-c2ccc(Cl)cc2Cl)o1. The van der Waals surface area contributed by atoms with Gasteiger partial charge in [-0.2, -0.15) is 0 Å². The molecule has 7 heteroatoms. The second kappa shape index (κ2) is 9.62. The van der Waals surface area contributed by atoms with E-state index in [4.69, 9.17) is 32.4 Å². The van der Waals surface area contributed by atoms with E-state index in [1.165, 1.54) is 0 Å². The minimum Gasteiger partial charge on any atom is -0.494 e. The van der Waals surface area contributed by atoms with E-state index in [1.54, 1.807) is 24.4 Å². The molecule has 0 bridgehead atoms. The summed E-state index contributed by atoms with van der Waals surface area (Å²) in [5, 5.41) is 3.94. The number of carbonyl (C=O) groups is 1. The van der Waals surface area contributed by atoms with E-state index in [0.29, 0.717) is 46.8 Å². The molecular weight excluding hydrogens is 399 g/mol. The molecule has 3 aromatic rings. The number of benzene rings is 2. The van der Waals surface area contributed by atoms with Gasteiger partial charge in [0.1, 0.15) is 5.75 Å². The van der Waals surface area contributed by atoms with Crippen LogP contribution in [0.25, 0.3) is 11.3 Å². The molecule has 0 aliphatic rings. The van der Waals surface area contributed by atoms with Crippen LogP contribution in [0.5, 0.6) is 5.75 Å². The summed E-state index contributed by atoms with van der Waals surface area (Å²) in [5.74, 6) is 1.71. The van der Waals surface area contributed by atoms with Crippen molar-refractivity contribution in [2.24, 2.45) is 0 Å². The standard InChI is InChI=1S/C21H20Cl2N2O3/c1-2-27-18-6-4-3-5-14(18)12-24-20(26)9-10-21-25-13-19(28-21)16-8-7-15(22)11-17(16)23/h3-8,11,13H,2,9-10,12H2,1H3,(H,24,26). The number of aromatic nitrogens is 1. The zero-order chi connectivity index (χ0) is 19.9. The number of para-hydroxylation sites is 1. The number of rotatable bonds is 8. The van der Waals surface area contributed by atoms with E-state index in [0.717, 1.165) is 11.3 Å². The van der Waals surface area contributed by atoms with Crippen molar-refractivity contribution in [3.8, 4) is 17.1 Å². The number of hydrogen-bond acceptors (Lipinski definition) is 4. The third kappa shape index (κ3) is 5.27. The lowest BCUT2D eigenvalue weighted by Crippen LogP contribution is -2.23. The summed E-state index contributed by atoms with van der Waals surface area (Å²) in [4.78, 5) is 16.4. The number of carbonyl (C=O) groups excluding carboxylic acids is 1. The van der Waals surface area contributed by atoms with Crippen molar-refractivity contribution in [1.29, 1.82) is 0 Å². The van der Waals surface area contributed by atoms with Gasteiger partial charge in [0.15, 0.2) is 11.7 Å². The fourth-order valence-electron chi connectivity index (χ4n) is 2.69. The monoisotopic (exact) mass is 418 g/mol. The van der Waals surface area contributed by atoms with Gasteiger partial charge in [-0.3, -0.25) is 4.79 Å². The van der Waals surface area contributed by atoms with Gasteiger partial charge in [0.2, 0.25) is 5.91 Å². The van der Waals surface area contributed by atoms with Crippen LogP contribution in [0, 0.1) is 0 Å². The maximum atomic E-state index is 12.2. The van der Waals surface area contributed by atoms with E-state index in [2.05, 4.69) is 10.3 Å². The van der Waals surface area contributed by atoms with E-state index in [-0.39, 0.29) is 12.3 Å². The molecule has 1 aromatic heterocycles. The number of halogens is 2. The number of nitrogens with one attached hydrogen (secondary N) is 1. The molecule has 0 radical (unpaired) electrons. The number of aryl methyl sites for hydroxylation is 1. The van der Waals surface area contributed by atoms with Crippen molar-refractivity contribution in [3.05, 3.63) is 70.2 Å². The molecule has 3 rings (SSSR count). The highest BCUT2D eigenvalue weighted by Gasteiger charge is 2.12. The average Bonchev–Trinajstić information content (AvgIpc) is 3.14. The van der Waals surface area contributed by atoms with Crippen LogP contribution in [0.15, 0.2) is 53.1 Å². The molecule has 0 fully saturated rings. The van der Waals surface area contributed by atoms with Gasteiger partial charge in [-0.25, -0.2) is 4.98 Å². The Kier molecular flexibility index (Phi) is 6.95. The molecule has 5 nitrogen and oxygen atoms in total. The van der Waals surface area contributed by atoms with Crippen molar-refractivity contribution in [2.45, 2.75) is 26.3 Å². The molecule has 0 unspecified atom stereocenters. The smallest absolute Gasteiger partial charge is 0.220 e. The Balaban J connectivity index is 1.53. The van der Waals surface area contributed by atoms with Crippen LogP contribution in [0.3, 0.4) is 0 Å². The Morgan fingerprint density at radius 3 is 2.82 bits per heavy atom. The summed E-state index contributed by atoms with van der Waals surface area (Å²) in [5.41, 5.74) is 1.65. The van der Waals surface area contributed by atoms with Crippen molar-refractivity contribution in [3.63, 3.8) is 0 Å². The third-order valence-corrected chi connectivity index (χ3v) is 4.61. The Labute approximate surface area is 173 Å². The first-order valence-electron chi connectivity index (χ1n) is 8.94. The van der Waals surface area contributed by atoms with Crippen molar-refractivity contribution >= 4 is 29.1 Å². The molecule has 1 amide bonds. The predicted molar refractivity (Wildman–Crippen MR) is 110 cm³/mol. The summed E-state index contributed by atoms with van der Waals surface area (Å²) in [6, 6.07) is 12.8.